The van der Waals surface area contributed by atoms with Crippen LogP contribution >= 0.6 is 0 Å². The number of hydrogen-bond acceptors (Lipinski definition) is 7. The van der Waals surface area contributed by atoms with Gasteiger partial charge in [0.05, 0.1) is 0 Å². The number of nitrogens with one attached hydrogen (secondary N) is 4. The topological polar surface area (TPSA) is 83.1 Å². The quantitative estimate of drug-likeness (QED) is 0.322. The van der Waals surface area contributed by atoms with E-state index in [9.17, 15) is 0 Å². The van der Waals surface area contributed by atoms with Gasteiger partial charge in [0.15, 0.2) is 5.82 Å². The summed E-state index contributed by atoms with van der Waals surface area (Å²) in [5, 5.41) is 13.8. The van der Waals surface area contributed by atoms with Gasteiger partial charge in [-0.05, 0) is 44.0 Å². The first-order chi connectivity index (χ1) is 16.7. The zero-order valence-corrected chi connectivity index (χ0v) is 20.2. The molecule has 34 heavy (non-hydrogen) atoms. The third-order valence-corrected chi connectivity index (χ3v) is 6.08. The molecule has 0 aliphatic carbocycles. The van der Waals surface area contributed by atoms with Crippen molar-refractivity contribution in [3.05, 3.63) is 71.3 Å². The molecule has 0 bridgehead atoms. The van der Waals surface area contributed by atoms with Crippen molar-refractivity contribution in [2.75, 3.05) is 44.0 Å². The summed E-state index contributed by atoms with van der Waals surface area (Å²) >= 11 is 0. The van der Waals surface area contributed by atoms with Crippen LogP contribution in [0, 0.1) is 6.92 Å². The van der Waals surface area contributed by atoms with Crippen LogP contribution in [0.3, 0.4) is 0 Å². The number of likely N-dealkylation sites (N-methyl/N-ethyl adjacent to an activating group) is 1. The number of aromatic nitrogens is 2. The van der Waals surface area contributed by atoms with E-state index in [1.54, 1.807) is 0 Å². The predicted octanol–water partition coefficient (Wildman–Crippen LogP) is 3.96. The smallest absolute Gasteiger partial charge is 0.163 e. The van der Waals surface area contributed by atoms with E-state index in [2.05, 4.69) is 76.7 Å². The first kappa shape index (κ1) is 24.1. The highest BCUT2D eigenvalue weighted by Crippen LogP contribution is 2.27. The van der Waals surface area contributed by atoms with E-state index in [0.29, 0.717) is 12.6 Å². The van der Waals surface area contributed by atoms with E-state index >= 15 is 0 Å². The fourth-order valence-electron chi connectivity index (χ4n) is 4.04. The third kappa shape index (κ3) is 6.76. The summed E-state index contributed by atoms with van der Waals surface area (Å²) in [5.41, 5.74) is 4.49. The summed E-state index contributed by atoms with van der Waals surface area (Å²) in [5.74, 6) is 2.48. The maximum Gasteiger partial charge on any atom is 0.163 e. The molecule has 3 aromatic rings. The van der Waals surface area contributed by atoms with E-state index in [1.807, 2.05) is 13.1 Å². The van der Waals surface area contributed by atoms with Gasteiger partial charge in [0.1, 0.15) is 11.6 Å². The van der Waals surface area contributed by atoms with Crippen LogP contribution in [0.5, 0.6) is 0 Å². The van der Waals surface area contributed by atoms with Crippen molar-refractivity contribution in [1.29, 1.82) is 0 Å². The van der Waals surface area contributed by atoms with Crippen LogP contribution in [0.25, 0.3) is 11.4 Å². The van der Waals surface area contributed by atoms with E-state index in [4.69, 9.17) is 14.7 Å². The average molecular weight is 461 g/mol. The lowest BCUT2D eigenvalue weighted by atomic mass is 10.1. The van der Waals surface area contributed by atoms with Crippen LogP contribution in [0.2, 0.25) is 0 Å². The Hall–Kier alpha value is -3.00. The zero-order valence-electron chi connectivity index (χ0n) is 20.2. The van der Waals surface area contributed by atoms with Gasteiger partial charge in [0.2, 0.25) is 0 Å². The van der Waals surface area contributed by atoms with Crippen LogP contribution in [0.15, 0.2) is 54.6 Å². The molecule has 7 nitrogen and oxygen atoms in total. The van der Waals surface area contributed by atoms with Gasteiger partial charge < -0.3 is 26.0 Å². The van der Waals surface area contributed by atoms with Crippen molar-refractivity contribution in [1.82, 2.24) is 20.6 Å². The van der Waals surface area contributed by atoms with Gasteiger partial charge >= 0.3 is 0 Å². The molecule has 2 aromatic carbocycles. The lowest BCUT2D eigenvalue weighted by Crippen LogP contribution is -2.29. The Labute approximate surface area is 202 Å². The van der Waals surface area contributed by atoms with Gasteiger partial charge in [-0.15, -0.1) is 0 Å². The maximum atomic E-state index is 5.54. The Bertz CT molecular complexity index is 1040. The van der Waals surface area contributed by atoms with Crippen molar-refractivity contribution in [2.45, 2.75) is 38.9 Å². The fraction of sp³-hybridized carbons (Fsp3) is 0.407. The highest BCUT2D eigenvalue weighted by molar-refractivity contribution is 5.66. The van der Waals surface area contributed by atoms with E-state index in [0.717, 1.165) is 74.3 Å². The van der Waals surface area contributed by atoms with Gasteiger partial charge in [-0.3, -0.25) is 0 Å². The zero-order chi connectivity index (χ0) is 23.6. The Morgan fingerprint density at radius 1 is 0.882 bits per heavy atom. The second-order valence-corrected chi connectivity index (χ2v) is 8.72. The molecule has 0 spiro atoms. The molecule has 2 heterocycles. The molecule has 180 valence electrons. The first-order valence-corrected chi connectivity index (χ1v) is 12.2. The summed E-state index contributed by atoms with van der Waals surface area (Å²) in [6.45, 7) is 7.05. The summed E-state index contributed by atoms with van der Waals surface area (Å²) in [6.07, 6.45) is 1.97. The van der Waals surface area contributed by atoms with Crippen molar-refractivity contribution in [3.63, 3.8) is 0 Å². The van der Waals surface area contributed by atoms with Crippen molar-refractivity contribution in [3.8, 4) is 11.4 Å². The minimum absolute atomic E-state index is 0.361. The molecule has 7 heteroatoms. The maximum absolute atomic E-state index is 5.54. The summed E-state index contributed by atoms with van der Waals surface area (Å²) in [4.78, 5) is 9.91. The van der Waals surface area contributed by atoms with Gasteiger partial charge in [-0.1, -0.05) is 48.5 Å². The molecule has 1 aromatic heterocycles. The van der Waals surface area contributed by atoms with Crippen LogP contribution < -0.4 is 21.3 Å². The Morgan fingerprint density at radius 3 is 2.44 bits per heavy atom. The van der Waals surface area contributed by atoms with Gasteiger partial charge in [0, 0.05) is 56.6 Å². The summed E-state index contributed by atoms with van der Waals surface area (Å²) < 4.78 is 5.54. The molecule has 0 unspecified atom stereocenters. The molecule has 1 aliphatic rings. The standard InChI is InChI=1S/C27H36N6O/c1-20-25(30-19-21-7-4-3-5-8-21)32-27(33-26(20)31-24-11-15-34-16-12-24)23-10-6-9-22(17-23)18-29-14-13-28-2/h3-10,17,24,28-29H,11-16,18-19H2,1-2H3,(H2,30,31,32,33). The number of anilines is 2. The second-order valence-electron chi connectivity index (χ2n) is 8.72. The minimum atomic E-state index is 0.361. The number of benzene rings is 2. The molecule has 1 fully saturated rings. The SMILES string of the molecule is CNCCNCc1cccc(-c2nc(NCc3ccccc3)c(C)c(NC3CCOCC3)n2)c1. The average Bonchev–Trinajstić information content (AvgIpc) is 2.88. The van der Waals surface area contributed by atoms with E-state index < -0.39 is 0 Å². The monoisotopic (exact) mass is 460 g/mol. The summed E-state index contributed by atoms with van der Waals surface area (Å²) in [6, 6.07) is 19.2. The molecular formula is C27H36N6O. The lowest BCUT2D eigenvalue weighted by Gasteiger charge is -2.25. The fourth-order valence-corrected chi connectivity index (χ4v) is 4.04. The number of hydrogen-bond donors (Lipinski definition) is 4. The lowest BCUT2D eigenvalue weighted by molar-refractivity contribution is 0.0904. The molecule has 4 rings (SSSR count). The van der Waals surface area contributed by atoms with Gasteiger partial charge in [0.25, 0.3) is 0 Å². The molecule has 0 radical (unpaired) electrons. The van der Waals surface area contributed by atoms with Crippen LogP contribution in [-0.4, -0.2) is 49.4 Å². The third-order valence-electron chi connectivity index (χ3n) is 6.08. The normalized spacial score (nSPS) is 14.2. The first-order valence-electron chi connectivity index (χ1n) is 12.2. The Morgan fingerprint density at radius 2 is 1.65 bits per heavy atom. The van der Waals surface area contributed by atoms with E-state index in [1.165, 1.54) is 11.1 Å². The summed E-state index contributed by atoms with van der Waals surface area (Å²) in [7, 11) is 1.96. The number of rotatable bonds is 11. The molecule has 0 atom stereocenters. The van der Waals surface area contributed by atoms with Gasteiger partial charge in [-0.25, -0.2) is 9.97 Å². The van der Waals surface area contributed by atoms with Crippen molar-refractivity contribution in [2.24, 2.45) is 0 Å². The second kappa shape index (κ2) is 12.5. The minimum Gasteiger partial charge on any atom is -0.381 e. The number of nitrogens with zero attached hydrogens (tertiary/aromatic N) is 2. The Kier molecular flexibility index (Phi) is 8.84. The molecular weight excluding hydrogens is 424 g/mol. The van der Waals surface area contributed by atoms with Gasteiger partial charge in [-0.2, -0.15) is 0 Å². The molecule has 1 aliphatic heterocycles. The largest absolute Gasteiger partial charge is 0.381 e. The van der Waals surface area contributed by atoms with Crippen LogP contribution in [-0.2, 0) is 17.8 Å². The predicted molar refractivity (Wildman–Crippen MR) is 139 cm³/mol. The highest BCUT2D eigenvalue weighted by Gasteiger charge is 2.18. The number of ether oxygens (including phenoxy) is 1. The van der Waals surface area contributed by atoms with E-state index in [-0.39, 0.29) is 0 Å². The highest BCUT2D eigenvalue weighted by atomic mass is 16.5. The molecule has 0 amide bonds. The molecule has 1 saturated heterocycles. The Balaban J connectivity index is 1.59. The van der Waals surface area contributed by atoms with Crippen LogP contribution in [0.1, 0.15) is 29.5 Å². The van der Waals surface area contributed by atoms with Crippen molar-refractivity contribution < 1.29 is 4.74 Å². The van der Waals surface area contributed by atoms with Crippen molar-refractivity contribution >= 4 is 11.6 Å². The molecule has 4 N–H and O–H groups in total. The van der Waals surface area contributed by atoms with Crippen LogP contribution in [0.4, 0.5) is 11.6 Å². The molecule has 0 saturated carbocycles.